The van der Waals surface area contributed by atoms with Gasteiger partial charge in [-0.3, -0.25) is 4.79 Å². The van der Waals surface area contributed by atoms with Crippen LogP contribution in [0.5, 0.6) is 0 Å². The summed E-state index contributed by atoms with van der Waals surface area (Å²) in [4.78, 5) is 34.6. The molecule has 0 aliphatic carbocycles. The number of amides is 1. The summed E-state index contributed by atoms with van der Waals surface area (Å²) in [7, 11) is 0. The Morgan fingerprint density at radius 3 is 2.29 bits per heavy atom. The molecule has 0 unspecified atom stereocenters. The van der Waals surface area contributed by atoms with Crippen LogP contribution in [0.25, 0.3) is 0 Å². The van der Waals surface area contributed by atoms with Crippen molar-refractivity contribution in [3.63, 3.8) is 0 Å². The monoisotopic (exact) mass is 243 g/mol. The van der Waals surface area contributed by atoms with E-state index in [9.17, 15) is 14.4 Å². The second-order valence-corrected chi connectivity index (χ2v) is 5.13. The smallest absolute Gasteiger partial charge is 0.410 e. The van der Waals surface area contributed by atoms with E-state index in [4.69, 9.17) is 9.84 Å². The van der Waals surface area contributed by atoms with Gasteiger partial charge in [0.05, 0.1) is 5.92 Å². The van der Waals surface area contributed by atoms with E-state index in [2.05, 4.69) is 0 Å². The number of aldehydes is 1. The number of carboxylic acids is 1. The van der Waals surface area contributed by atoms with Crippen LogP contribution < -0.4 is 0 Å². The van der Waals surface area contributed by atoms with Gasteiger partial charge in [-0.1, -0.05) is 0 Å². The van der Waals surface area contributed by atoms with Gasteiger partial charge in [-0.05, 0) is 20.8 Å². The molecule has 0 bridgehead atoms. The molecule has 1 N–H and O–H groups in total. The van der Waals surface area contributed by atoms with Crippen LogP contribution in [0.15, 0.2) is 0 Å². The van der Waals surface area contributed by atoms with Crippen molar-refractivity contribution in [1.29, 1.82) is 0 Å². The van der Waals surface area contributed by atoms with Gasteiger partial charge in [0.25, 0.3) is 0 Å². The van der Waals surface area contributed by atoms with E-state index >= 15 is 0 Å². The Balaban J connectivity index is 2.67. The number of aliphatic carboxylic acids is 1. The Kier molecular flexibility index (Phi) is 3.75. The molecule has 0 aromatic rings. The van der Waals surface area contributed by atoms with Gasteiger partial charge in [-0.2, -0.15) is 0 Å². The SMILES string of the molecule is CC(C)(C)OC(=O)N1C[C@@H](C=O)[C@H](C(=O)O)C1. The van der Waals surface area contributed by atoms with Crippen LogP contribution in [0, 0.1) is 11.8 Å². The molecule has 0 saturated carbocycles. The quantitative estimate of drug-likeness (QED) is 0.723. The van der Waals surface area contributed by atoms with Crippen LogP contribution in [0.3, 0.4) is 0 Å². The normalized spacial score (nSPS) is 24.5. The highest BCUT2D eigenvalue weighted by atomic mass is 16.6. The summed E-state index contributed by atoms with van der Waals surface area (Å²) in [5.41, 5.74) is -0.630. The molecule has 1 aliphatic rings. The van der Waals surface area contributed by atoms with Gasteiger partial charge in [-0.25, -0.2) is 4.79 Å². The zero-order valence-electron chi connectivity index (χ0n) is 10.2. The van der Waals surface area contributed by atoms with Gasteiger partial charge in [-0.15, -0.1) is 0 Å². The first kappa shape index (κ1) is 13.5. The number of nitrogens with zero attached hydrogens (tertiary/aromatic N) is 1. The van der Waals surface area contributed by atoms with E-state index in [-0.39, 0.29) is 13.1 Å². The number of carbonyl (C=O) groups excluding carboxylic acids is 2. The van der Waals surface area contributed by atoms with E-state index in [0.717, 1.165) is 0 Å². The highest BCUT2D eigenvalue weighted by molar-refractivity contribution is 5.79. The van der Waals surface area contributed by atoms with Crippen LogP contribution in [-0.2, 0) is 14.3 Å². The second-order valence-electron chi connectivity index (χ2n) is 5.13. The summed E-state index contributed by atoms with van der Waals surface area (Å²) in [6, 6.07) is 0. The molecule has 1 amide bonds. The number of hydrogen-bond donors (Lipinski definition) is 1. The van der Waals surface area contributed by atoms with Crippen LogP contribution in [0.2, 0.25) is 0 Å². The standard InChI is InChI=1S/C11H17NO5/c1-11(2,3)17-10(16)12-4-7(6-13)8(5-12)9(14)15/h6-8H,4-5H2,1-3H3,(H,14,15)/t7-,8+/m0/s1. The first-order valence-electron chi connectivity index (χ1n) is 5.40. The largest absolute Gasteiger partial charge is 0.481 e. The molecule has 0 spiro atoms. The fourth-order valence-electron chi connectivity index (χ4n) is 1.70. The molecule has 0 aromatic carbocycles. The summed E-state index contributed by atoms with van der Waals surface area (Å²) >= 11 is 0. The zero-order chi connectivity index (χ0) is 13.2. The molecular formula is C11H17NO5. The maximum absolute atomic E-state index is 11.7. The van der Waals surface area contributed by atoms with Gasteiger partial charge in [0, 0.05) is 19.0 Å². The predicted molar refractivity (Wildman–Crippen MR) is 58.5 cm³/mol. The van der Waals surface area contributed by atoms with Crippen molar-refractivity contribution >= 4 is 18.3 Å². The topological polar surface area (TPSA) is 83.9 Å². The maximum Gasteiger partial charge on any atom is 0.410 e. The average Bonchev–Trinajstić information content (AvgIpc) is 2.58. The fraction of sp³-hybridized carbons (Fsp3) is 0.727. The lowest BCUT2D eigenvalue weighted by Gasteiger charge is -2.24. The summed E-state index contributed by atoms with van der Waals surface area (Å²) in [6.07, 6.45) is 0.0106. The van der Waals surface area contributed by atoms with Crippen LogP contribution in [0.4, 0.5) is 4.79 Å². The molecule has 1 heterocycles. The highest BCUT2D eigenvalue weighted by Crippen LogP contribution is 2.23. The number of ether oxygens (including phenoxy) is 1. The third kappa shape index (κ3) is 3.44. The summed E-state index contributed by atoms with van der Waals surface area (Å²) in [5.74, 6) is -2.55. The lowest BCUT2D eigenvalue weighted by atomic mass is 9.98. The molecule has 1 rings (SSSR count). The van der Waals surface area contributed by atoms with Crippen molar-refractivity contribution in [3.8, 4) is 0 Å². The van der Waals surface area contributed by atoms with E-state index in [0.29, 0.717) is 6.29 Å². The lowest BCUT2D eigenvalue weighted by Crippen LogP contribution is -2.36. The first-order chi connectivity index (χ1) is 7.74. The summed E-state index contributed by atoms with van der Waals surface area (Å²) in [6.45, 7) is 5.32. The summed E-state index contributed by atoms with van der Waals surface area (Å²) < 4.78 is 5.12. The Hall–Kier alpha value is -1.59. The molecule has 6 heteroatoms. The van der Waals surface area contributed by atoms with Crippen LogP contribution in [-0.4, -0.2) is 47.0 Å². The van der Waals surface area contributed by atoms with Crippen LogP contribution >= 0.6 is 0 Å². The molecular weight excluding hydrogens is 226 g/mol. The molecule has 6 nitrogen and oxygen atoms in total. The lowest BCUT2D eigenvalue weighted by molar-refractivity contribution is -0.143. The van der Waals surface area contributed by atoms with E-state index in [1.165, 1.54) is 4.90 Å². The predicted octanol–water partition coefficient (Wildman–Crippen LogP) is 0.753. The second kappa shape index (κ2) is 4.73. The minimum absolute atomic E-state index is 0.0215. The molecule has 96 valence electrons. The molecule has 1 aliphatic heterocycles. The molecule has 17 heavy (non-hydrogen) atoms. The van der Waals surface area contributed by atoms with Crippen molar-refractivity contribution in [1.82, 2.24) is 4.90 Å². The Labute approximate surface area is 99.5 Å². The van der Waals surface area contributed by atoms with Gasteiger partial charge < -0.3 is 19.5 Å². The third-order valence-corrected chi connectivity index (χ3v) is 2.51. The maximum atomic E-state index is 11.7. The highest BCUT2D eigenvalue weighted by Gasteiger charge is 2.40. The van der Waals surface area contributed by atoms with Gasteiger partial charge >= 0.3 is 12.1 Å². The van der Waals surface area contributed by atoms with Crippen molar-refractivity contribution < 1.29 is 24.2 Å². The first-order valence-corrected chi connectivity index (χ1v) is 5.40. The number of hydrogen-bond acceptors (Lipinski definition) is 4. The van der Waals surface area contributed by atoms with Gasteiger partial charge in [0.2, 0.25) is 0 Å². The van der Waals surface area contributed by atoms with E-state index < -0.39 is 29.5 Å². The summed E-state index contributed by atoms with van der Waals surface area (Å²) in [5, 5.41) is 8.91. The molecule has 0 aromatic heterocycles. The zero-order valence-corrected chi connectivity index (χ0v) is 10.2. The number of rotatable bonds is 2. The minimum Gasteiger partial charge on any atom is -0.481 e. The Morgan fingerprint density at radius 2 is 1.94 bits per heavy atom. The Bertz CT molecular complexity index is 333. The van der Waals surface area contributed by atoms with Crippen LogP contribution in [0.1, 0.15) is 20.8 Å². The van der Waals surface area contributed by atoms with Gasteiger partial charge in [0.1, 0.15) is 11.9 Å². The van der Waals surface area contributed by atoms with Crippen molar-refractivity contribution in [2.24, 2.45) is 11.8 Å². The molecule has 0 radical (unpaired) electrons. The molecule has 1 fully saturated rings. The molecule has 2 atom stereocenters. The fourth-order valence-corrected chi connectivity index (χ4v) is 1.70. The third-order valence-electron chi connectivity index (χ3n) is 2.51. The number of carbonyl (C=O) groups is 3. The Morgan fingerprint density at radius 1 is 1.35 bits per heavy atom. The number of carboxylic acid groups (broad SMARTS) is 1. The number of likely N-dealkylation sites (tertiary alicyclic amines) is 1. The molecule has 1 saturated heterocycles. The van der Waals surface area contributed by atoms with Crippen molar-refractivity contribution in [2.75, 3.05) is 13.1 Å². The average molecular weight is 243 g/mol. The van der Waals surface area contributed by atoms with Gasteiger partial charge in [0.15, 0.2) is 0 Å². The van der Waals surface area contributed by atoms with Crippen molar-refractivity contribution in [2.45, 2.75) is 26.4 Å². The van der Waals surface area contributed by atoms with Crippen molar-refractivity contribution in [3.05, 3.63) is 0 Å². The van der Waals surface area contributed by atoms with E-state index in [1.54, 1.807) is 20.8 Å². The van der Waals surface area contributed by atoms with E-state index in [1.807, 2.05) is 0 Å². The minimum atomic E-state index is -1.06.